The topological polar surface area (TPSA) is 94.0 Å². The smallest absolute Gasteiger partial charge is 0.358 e. The highest BCUT2D eigenvalue weighted by Crippen LogP contribution is 2.23. The predicted molar refractivity (Wildman–Crippen MR) is 61.0 cm³/mol. The van der Waals surface area contributed by atoms with E-state index in [-0.39, 0.29) is 5.69 Å². The number of carbonyl (C=O) groups is 1. The molecule has 90 valence electrons. The zero-order valence-electron chi connectivity index (χ0n) is 9.36. The normalized spacial score (nSPS) is 10.9. The van der Waals surface area contributed by atoms with Gasteiger partial charge in [-0.05, 0) is 18.2 Å². The fraction of sp³-hybridized carbons (Fsp3) is 0.0909. The lowest BCUT2D eigenvalue weighted by Gasteiger charge is -1.95. The molecule has 0 unspecified atom stereocenters. The van der Waals surface area contributed by atoms with Crippen LogP contribution in [0.4, 0.5) is 0 Å². The third-order valence-corrected chi connectivity index (χ3v) is 2.62. The van der Waals surface area contributed by atoms with Crippen LogP contribution >= 0.6 is 0 Å². The van der Waals surface area contributed by atoms with Gasteiger partial charge in [0.05, 0.1) is 5.52 Å². The van der Waals surface area contributed by atoms with Crippen molar-refractivity contribution in [3.63, 3.8) is 0 Å². The van der Waals surface area contributed by atoms with E-state index in [2.05, 4.69) is 15.5 Å². The van der Waals surface area contributed by atoms with E-state index in [1.54, 1.807) is 23.9 Å². The van der Waals surface area contributed by atoms with Gasteiger partial charge in [0.1, 0.15) is 5.52 Å². The summed E-state index contributed by atoms with van der Waals surface area (Å²) < 4.78 is 6.64. The molecule has 3 aromatic rings. The number of carboxylic acids is 1. The SMILES string of the molecule is Cn1nnc2cc(-c3cc(C(=O)O)no3)ccc21. The van der Waals surface area contributed by atoms with E-state index >= 15 is 0 Å². The van der Waals surface area contributed by atoms with Gasteiger partial charge in [0.2, 0.25) is 0 Å². The first-order valence-electron chi connectivity index (χ1n) is 5.15. The van der Waals surface area contributed by atoms with Gasteiger partial charge in [-0.1, -0.05) is 10.4 Å². The van der Waals surface area contributed by atoms with Crippen LogP contribution in [0, 0.1) is 0 Å². The zero-order chi connectivity index (χ0) is 12.7. The van der Waals surface area contributed by atoms with Crippen molar-refractivity contribution in [2.24, 2.45) is 7.05 Å². The monoisotopic (exact) mass is 244 g/mol. The van der Waals surface area contributed by atoms with Crippen LogP contribution in [0.2, 0.25) is 0 Å². The van der Waals surface area contributed by atoms with Crippen LogP contribution in [0.3, 0.4) is 0 Å². The van der Waals surface area contributed by atoms with E-state index in [1.807, 2.05) is 6.07 Å². The first-order chi connectivity index (χ1) is 8.65. The van der Waals surface area contributed by atoms with Gasteiger partial charge in [0.15, 0.2) is 11.5 Å². The van der Waals surface area contributed by atoms with Crippen LogP contribution < -0.4 is 0 Å². The van der Waals surface area contributed by atoms with Gasteiger partial charge in [-0.3, -0.25) is 0 Å². The molecule has 0 aliphatic carbocycles. The van der Waals surface area contributed by atoms with Crippen LogP contribution in [0.25, 0.3) is 22.4 Å². The third-order valence-electron chi connectivity index (χ3n) is 2.62. The highest BCUT2D eigenvalue weighted by atomic mass is 16.5. The Labute approximate surface area is 101 Å². The number of benzene rings is 1. The third kappa shape index (κ3) is 1.53. The van der Waals surface area contributed by atoms with Crippen molar-refractivity contribution in [3.05, 3.63) is 30.0 Å². The summed E-state index contributed by atoms with van der Waals surface area (Å²) in [6.45, 7) is 0. The summed E-state index contributed by atoms with van der Waals surface area (Å²) in [7, 11) is 1.80. The number of fused-ring (bicyclic) bond motifs is 1. The molecular formula is C11H8N4O3. The van der Waals surface area contributed by atoms with Crippen LogP contribution in [0.1, 0.15) is 10.5 Å². The lowest BCUT2D eigenvalue weighted by molar-refractivity contribution is 0.0686. The standard InChI is InChI=1S/C11H8N4O3/c1-15-9-3-2-6(4-7(9)12-14-15)10-5-8(11(16)17)13-18-10/h2-5H,1H3,(H,16,17). The Morgan fingerprint density at radius 2 is 2.22 bits per heavy atom. The summed E-state index contributed by atoms with van der Waals surface area (Å²) in [5.74, 6) is -0.731. The number of aromatic carboxylic acids is 1. The van der Waals surface area contributed by atoms with Crippen molar-refractivity contribution in [2.45, 2.75) is 0 Å². The molecule has 0 saturated carbocycles. The Bertz CT molecular complexity index is 744. The maximum atomic E-state index is 10.7. The van der Waals surface area contributed by atoms with E-state index in [4.69, 9.17) is 9.63 Å². The minimum atomic E-state index is -1.12. The van der Waals surface area contributed by atoms with Crippen LogP contribution in [-0.4, -0.2) is 31.2 Å². The Hall–Kier alpha value is -2.70. The van der Waals surface area contributed by atoms with E-state index in [9.17, 15) is 4.79 Å². The molecule has 7 heteroatoms. The summed E-state index contributed by atoms with van der Waals surface area (Å²) >= 11 is 0. The van der Waals surface area contributed by atoms with Gasteiger partial charge in [-0.15, -0.1) is 5.10 Å². The van der Waals surface area contributed by atoms with Crippen molar-refractivity contribution < 1.29 is 14.4 Å². The minimum Gasteiger partial charge on any atom is -0.476 e. The molecule has 0 atom stereocenters. The van der Waals surface area contributed by atoms with Gasteiger partial charge in [0, 0.05) is 18.7 Å². The van der Waals surface area contributed by atoms with Crippen molar-refractivity contribution in [3.8, 4) is 11.3 Å². The fourth-order valence-electron chi connectivity index (χ4n) is 1.71. The molecule has 18 heavy (non-hydrogen) atoms. The van der Waals surface area contributed by atoms with Crippen LogP contribution in [-0.2, 0) is 7.05 Å². The molecule has 0 saturated heterocycles. The molecule has 0 aliphatic heterocycles. The molecule has 1 aromatic carbocycles. The molecular weight excluding hydrogens is 236 g/mol. The summed E-state index contributed by atoms with van der Waals surface area (Å²) in [6.07, 6.45) is 0. The lowest BCUT2D eigenvalue weighted by Crippen LogP contribution is -1.94. The van der Waals surface area contributed by atoms with E-state index in [0.717, 1.165) is 5.52 Å². The second-order valence-electron chi connectivity index (χ2n) is 3.80. The predicted octanol–water partition coefficient (Wildman–Crippen LogP) is 1.32. The molecule has 2 heterocycles. The molecule has 3 rings (SSSR count). The lowest BCUT2D eigenvalue weighted by atomic mass is 10.1. The average molecular weight is 244 g/mol. The van der Waals surface area contributed by atoms with E-state index in [0.29, 0.717) is 16.8 Å². The maximum Gasteiger partial charge on any atom is 0.358 e. The Balaban J connectivity index is 2.10. The number of nitrogens with zero attached hydrogens (tertiary/aromatic N) is 4. The molecule has 1 N–H and O–H groups in total. The summed E-state index contributed by atoms with van der Waals surface area (Å²) in [5.41, 5.74) is 2.19. The maximum absolute atomic E-state index is 10.7. The van der Waals surface area contributed by atoms with E-state index < -0.39 is 5.97 Å². The largest absolute Gasteiger partial charge is 0.476 e. The van der Waals surface area contributed by atoms with Gasteiger partial charge >= 0.3 is 5.97 Å². The van der Waals surface area contributed by atoms with Crippen molar-refractivity contribution in [2.75, 3.05) is 0 Å². The summed E-state index contributed by atoms with van der Waals surface area (Å²) in [5, 5.41) is 20.1. The summed E-state index contributed by atoms with van der Waals surface area (Å²) in [4.78, 5) is 10.7. The van der Waals surface area contributed by atoms with Gasteiger partial charge in [-0.2, -0.15) is 0 Å². The van der Waals surface area contributed by atoms with Gasteiger partial charge in [-0.25, -0.2) is 9.48 Å². The second kappa shape index (κ2) is 3.66. The second-order valence-corrected chi connectivity index (χ2v) is 3.80. The Kier molecular flexibility index (Phi) is 2.12. The molecule has 0 radical (unpaired) electrons. The molecule has 0 fully saturated rings. The van der Waals surface area contributed by atoms with Crippen molar-refractivity contribution in [1.82, 2.24) is 20.2 Å². The molecule has 0 aliphatic rings. The number of hydrogen-bond donors (Lipinski definition) is 1. The highest BCUT2D eigenvalue weighted by Gasteiger charge is 2.13. The molecule has 0 bridgehead atoms. The summed E-state index contributed by atoms with van der Waals surface area (Å²) in [6, 6.07) is 6.79. The van der Waals surface area contributed by atoms with Crippen LogP contribution in [0.5, 0.6) is 0 Å². The highest BCUT2D eigenvalue weighted by molar-refractivity contribution is 5.87. The first-order valence-corrected chi connectivity index (χ1v) is 5.15. The fourth-order valence-corrected chi connectivity index (χ4v) is 1.71. The quantitative estimate of drug-likeness (QED) is 0.730. The van der Waals surface area contributed by atoms with Crippen molar-refractivity contribution >= 4 is 17.0 Å². The van der Waals surface area contributed by atoms with Gasteiger partial charge < -0.3 is 9.63 Å². The zero-order valence-corrected chi connectivity index (χ0v) is 9.36. The van der Waals surface area contributed by atoms with Gasteiger partial charge in [0.25, 0.3) is 0 Å². The Morgan fingerprint density at radius 3 is 2.94 bits per heavy atom. The first kappa shape index (κ1) is 10.5. The number of aryl methyl sites for hydroxylation is 1. The molecule has 2 aromatic heterocycles. The Morgan fingerprint density at radius 1 is 1.39 bits per heavy atom. The number of aromatic nitrogens is 4. The molecule has 0 spiro atoms. The molecule has 0 amide bonds. The van der Waals surface area contributed by atoms with Crippen molar-refractivity contribution in [1.29, 1.82) is 0 Å². The average Bonchev–Trinajstić information content (AvgIpc) is 2.96. The van der Waals surface area contributed by atoms with Crippen LogP contribution in [0.15, 0.2) is 28.8 Å². The van der Waals surface area contributed by atoms with E-state index in [1.165, 1.54) is 6.07 Å². The molecule has 7 nitrogen and oxygen atoms in total. The number of hydrogen-bond acceptors (Lipinski definition) is 5. The number of rotatable bonds is 2. The minimum absolute atomic E-state index is 0.121. The number of carboxylic acid groups (broad SMARTS) is 1.